The number of carbonyl (C=O) groups is 1. The summed E-state index contributed by atoms with van der Waals surface area (Å²) < 4.78 is 99.8. The number of benzene rings is 1. The molecule has 7 nitrogen and oxygen atoms in total. The second-order valence-corrected chi connectivity index (χ2v) is 7.51. The molecule has 0 bridgehead atoms. The zero-order chi connectivity index (χ0) is 25.3. The van der Waals surface area contributed by atoms with Crippen LogP contribution in [0.5, 0.6) is 5.75 Å². The van der Waals surface area contributed by atoms with Crippen molar-refractivity contribution in [2.24, 2.45) is 10.7 Å². The highest BCUT2D eigenvalue weighted by Crippen LogP contribution is 2.41. The molecule has 0 spiro atoms. The van der Waals surface area contributed by atoms with Crippen LogP contribution in [0, 0.1) is 5.82 Å². The van der Waals surface area contributed by atoms with Gasteiger partial charge in [0, 0.05) is 17.7 Å². The lowest BCUT2D eigenvalue weighted by molar-refractivity contribution is -0.208. The molecule has 0 radical (unpaired) electrons. The van der Waals surface area contributed by atoms with Gasteiger partial charge in [0.25, 0.3) is 11.9 Å². The first-order valence-electron chi connectivity index (χ1n) is 9.52. The van der Waals surface area contributed by atoms with Crippen molar-refractivity contribution in [2.45, 2.75) is 37.3 Å². The van der Waals surface area contributed by atoms with E-state index in [0.717, 1.165) is 36.5 Å². The fourth-order valence-corrected chi connectivity index (χ4v) is 3.19. The number of aromatic nitrogens is 1. The summed E-state index contributed by atoms with van der Waals surface area (Å²) in [6.45, 7) is -0.295. The van der Waals surface area contributed by atoms with Gasteiger partial charge in [-0.2, -0.15) is 26.3 Å². The molecule has 3 N–H and O–H groups in total. The number of nitrogens with zero attached hydrogens (tertiary/aromatic N) is 2. The highest BCUT2D eigenvalue weighted by atomic mass is 19.4. The zero-order valence-electron chi connectivity index (χ0n) is 17.3. The SMILES string of the molecule is C[C@]1(c2cc(NC(=O)c3ccc(OCC(F)(F)F)cn3)ccc2F)C[C@@H](C(F)(F)F)OC(N)=N1. The summed E-state index contributed by atoms with van der Waals surface area (Å²) in [6.07, 6.45) is -11.5. The molecule has 1 amide bonds. The molecular formula is C20H17F7N4O3. The van der Waals surface area contributed by atoms with Gasteiger partial charge in [0.15, 0.2) is 12.7 Å². The van der Waals surface area contributed by atoms with E-state index in [2.05, 4.69) is 24.8 Å². The number of ether oxygens (including phenoxy) is 2. The monoisotopic (exact) mass is 494 g/mol. The Hall–Kier alpha value is -3.58. The van der Waals surface area contributed by atoms with Crippen LogP contribution in [-0.4, -0.2) is 42.0 Å². The second-order valence-electron chi connectivity index (χ2n) is 7.51. The van der Waals surface area contributed by atoms with Gasteiger partial charge in [-0.05, 0) is 37.3 Å². The standard InChI is InChI=1S/C20H17F7N4O3/c1-18(7-15(20(25,26)27)34-17(28)31-18)12-6-10(2-4-13(12)21)30-16(32)14-5-3-11(8-29-14)33-9-19(22,23)24/h2-6,8,15H,7,9H2,1H3,(H2,28,31)(H,30,32)/t15-,18+/m0/s1. The molecule has 2 heterocycles. The summed E-state index contributed by atoms with van der Waals surface area (Å²) in [5.74, 6) is -1.92. The average Bonchev–Trinajstić information content (AvgIpc) is 2.72. The Kier molecular flexibility index (Phi) is 6.62. The third kappa shape index (κ3) is 6.05. The van der Waals surface area contributed by atoms with Crippen molar-refractivity contribution in [3.8, 4) is 5.75 Å². The number of amides is 1. The van der Waals surface area contributed by atoms with Gasteiger partial charge in [0.1, 0.15) is 17.3 Å². The Labute approximate surface area is 187 Å². The summed E-state index contributed by atoms with van der Waals surface area (Å²) >= 11 is 0. The normalized spacial score (nSPS) is 20.8. The first kappa shape index (κ1) is 25.1. The quantitative estimate of drug-likeness (QED) is 0.605. The molecule has 0 saturated carbocycles. The van der Waals surface area contributed by atoms with Gasteiger partial charge in [-0.25, -0.2) is 14.4 Å². The third-order valence-electron chi connectivity index (χ3n) is 4.74. The van der Waals surface area contributed by atoms with Gasteiger partial charge in [0.2, 0.25) is 0 Å². The molecule has 184 valence electrons. The third-order valence-corrected chi connectivity index (χ3v) is 4.74. The number of carbonyl (C=O) groups excluding carboxylic acids is 1. The average molecular weight is 494 g/mol. The number of aliphatic imine (C=N–C) groups is 1. The molecule has 0 fully saturated rings. The summed E-state index contributed by atoms with van der Waals surface area (Å²) in [6, 6.07) is 4.63. The molecule has 1 aromatic heterocycles. The number of halogens is 7. The number of amidine groups is 1. The lowest BCUT2D eigenvalue weighted by Gasteiger charge is -2.36. The van der Waals surface area contributed by atoms with E-state index in [1.807, 2.05) is 0 Å². The van der Waals surface area contributed by atoms with Crippen LogP contribution in [0.2, 0.25) is 0 Å². The fourth-order valence-electron chi connectivity index (χ4n) is 3.19. The smallest absolute Gasteiger partial charge is 0.425 e. The lowest BCUT2D eigenvalue weighted by Crippen LogP contribution is -2.46. The van der Waals surface area contributed by atoms with Crippen LogP contribution >= 0.6 is 0 Å². The van der Waals surface area contributed by atoms with Crippen molar-refractivity contribution in [3.05, 3.63) is 53.6 Å². The predicted molar refractivity (Wildman–Crippen MR) is 105 cm³/mol. The zero-order valence-corrected chi connectivity index (χ0v) is 17.3. The number of nitrogens with one attached hydrogen (secondary N) is 1. The second kappa shape index (κ2) is 8.99. The maximum absolute atomic E-state index is 14.6. The molecule has 3 rings (SSSR count). The van der Waals surface area contributed by atoms with E-state index in [4.69, 9.17) is 5.73 Å². The van der Waals surface area contributed by atoms with E-state index in [9.17, 15) is 35.5 Å². The Bertz CT molecular complexity index is 1090. The van der Waals surface area contributed by atoms with Crippen LogP contribution in [-0.2, 0) is 10.3 Å². The molecule has 1 aromatic carbocycles. The Morgan fingerprint density at radius 2 is 1.94 bits per heavy atom. The van der Waals surface area contributed by atoms with Crippen LogP contribution in [0.25, 0.3) is 0 Å². The maximum Gasteiger partial charge on any atom is 0.425 e. The van der Waals surface area contributed by atoms with Crippen molar-refractivity contribution < 1.29 is 45.0 Å². The number of hydrogen-bond donors (Lipinski definition) is 2. The molecular weight excluding hydrogens is 477 g/mol. The molecule has 34 heavy (non-hydrogen) atoms. The number of hydrogen-bond acceptors (Lipinski definition) is 6. The largest absolute Gasteiger partial charge is 0.483 e. The highest BCUT2D eigenvalue weighted by molar-refractivity contribution is 6.02. The van der Waals surface area contributed by atoms with E-state index >= 15 is 0 Å². The van der Waals surface area contributed by atoms with Crippen molar-refractivity contribution in [3.63, 3.8) is 0 Å². The van der Waals surface area contributed by atoms with Crippen molar-refractivity contribution in [1.82, 2.24) is 4.98 Å². The molecule has 0 unspecified atom stereocenters. The lowest BCUT2D eigenvalue weighted by atomic mass is 9.85. The maximum atomic E-state index is 14.6. The summed E-state index contributed by atoms with van der Waals surface area (Å²) in [7, 11) is 0. The van der Waals surface area contributed by atoms with Gasteiger partial charge in [0.05, 0.1) is 11.7 Å². The van der Waals surface area contributed by atoms with Crippen LogP contribution < -0.4 is 15.8 Å². The molecule has 1 aliphatic heterocycles. The Morgan fingerprint density at radius 3 is 2.53 bits per heavy atom. The predicted octanol–water partition coefficient (Wildman–Crippen LogP) is 4.30. The van der Waals surface area contributed by atoms with Crippen molar-refractivity contribution >= 4 is 17.6 Å². The first-order valence-corrected chi connectivity index (χ1v) is 9.52. The van der Waals surface area contributed by atoms with E-state index in [1.54, 1.807) is 0 Å². The minimum Gasteiger partial charge on any atom is -0.483 e. The van der Waals surface area contributed by atoms with Crippen molar-refractivity contribution in [2.75, 3.05) is 11.9 Å². The van der Waals surface area contributed by atoms with Crippen LogP contribution in [0.4, 0.5) is 36.4 Å². The van der Waals surface area contributed by atoms with Crippen molar-refractivity contribution in [1.29, 1.82) is 0 Å². The van der Waals surface area contributed by atoms with E-state index in [-0.39, 0.29) is 22.7 Å². The number of pyridine rings is 1. The summed E-state index contributed by atoms with van der Waals surface area (Å²) in [4.78, 5) is 20.0. The van der Waals surface area contributed by atoms with Gasteiger partial charge in [-0.3, -0.25) is 4.79 Å². The first-order chi connectivity index (χ1) is 15.7. The van der Waals surface area contributed by atoms with E-state index in [1.165, 1.54) is 6.92 Å². The van der Waals surface area contributed by atoms with Gasteiger partial charge >= 0.3 is 12.4 Å². The van der Waals surface area contributed by atoms with E-state index in [0.29, 0.717) is 0 Å². The number of anilines is 1. The minimum atomic E-state index is -4.77. The molecule has 2 atom stereocenters. The Morgan fingerprint density at radius 1 is 1.24 bits per heavy atom. The molecule has 0 saturated heterocycles. The number of rotatable bonds is 5. The van der Waals surface area contributed by atoms with Gasteiger partial charge in [-0.1, -0.05) is 0 Å². The topological polar surface area (TPSA) is 98.8 Å². The van der Waals surface area contributed by atoms with Crippen LogP contribution in [0.15, 0.2) is 41.5 Å². The molecule has 2 aromatic rings. The molecule has 1 aliphatic rings. The minimum absolute atomic E-state index is 0.00523. The summed E-state index contributed by atoms with van der Waals surface area (Å²) in [5, 5.41) is 2.39. The number of nitrogens with two attached hydrogens (primary N) is 1. The summed E-state index contributed by atoms with van der Waals surface area (Å²) in [5.41, 5.74) is 3.17. The molecule has 0 aliphatic carbocycles. The van der Waals surface area contributed by atoms with Gasteiger partial charge < -0.3 is 20.5 Å². The fraction of sp³-hybridized carbons (Fsp3) is 0.350. The van der Waals surface area contributed by atoms with E-state index < -0.39 is 54.8 Å². The highest BCUT2D eigenvalue weighted by Gasteiger charge is 2.50. The van der Waals surface area contributed by atoms with Crippen LogP contribution in [0.3, 0.4) is 0 Å². The Balaban J connectivity index is 1.79. The number of alkyl halides is 6. The molecule has 14 heteroatoms. The van der Waals surface area contributed by atoms with Crippen LogP contribution in [0.1, 0.15) is 29.4 Å². The van der Waals surface area contributed by atoms with Gasteiger partial charge in [-0.15, -0.1) is 0 Å².